The Morgan fingerprint density at radius 1 is 1.31 bits per heavy atom. The van der Waals surface area contributed by atoms with Crippen LogP contribution in [0.2, 0.25) is 0 Å². The van der Waals surface area contributed by atoms with E-state index in [0.29, 0.717) is 0 Å². The van der Waals surface area contributed by atoms with Gasteiger partial charge in [0.05, 0.1) is 6.04 Å². The number of pyridine rings is 1. The third kappa shape index (κ3) is 3.29. The normalized spacial score (nSPS) is 37.8. The van der Waals surface area contributed by atoms with Crippen LogP contribution in [-0.4, -0.2) is 86.0 Å². The molecule has 2 fully saturated rings. The number of carboxylic acids is 1. The summed E-state index contributed by atoms with van der Waals surface area (Å²) < 4.78 is 10.5. The number of carboxylic acid groups (broad SMARTS) is 1. The molecule has 3 heterocycles. The van der Waals surface area contributed by atoms with Crippen LogP contribution in [0.25, 0.3) is 0 Å². The van der Waals surface area contributed by atoms with Gasteiger partial charge in [-0.2, -0.15) is 0 Å². The maximum Gasteiger partial charge on any atom is 0.335 e. The van der Waals surface area contributed by atoms with E-state index in [9.17, 15) is 24.9 Å². The molecule has 1 unspecified atom stereocenters. The number of likely N-dealkylation sites (N-methyl/N-ethyl adjacent to an activating group) is 1. The molecule has 2 aliphatic rings. The zero-order valence-electron chi connectivity index (χ0n) is 13.9. The molecule has 142 valence electrons. The third-order valence-corrected chi connectivity index (χ3v) is 4.71. The smallest absolute Gasteiger partial charge is 0.335 e. The number of amides is 1. The van der Waals surface area contributed by atoms with Gasteiger partial charge < -0.3 is 34.8 Å². The average Bonchev–Trinajstić information content (AvgIpc) is 2.91. The molecule has 4 N–H and O–H groups in total. The number of aromatic nitrogens is 1. The molecule has 10 heteroatoms. The highest BCUT2D eigenvalue weighted by Crippen LogP contribution is 2.34. The Labute approximate surface area is 148 Å². The van der Waals surface area contributed by atoms with E-state index in [0.717, 1.165) is 5.56 Å². The van der Waals surface area contributed by atoms with Crippen LogP contribution in [0.5, 0.6) is 0 Å². The first-order chi connectivity index (χ1) is 12.3. The Kier molecular flexibility index (Phi) is 5.21. The van der Waals surface area contributed by atoms with Gasteiger partial charge in [-0.15, -0.1) is 0 Å². The number of carbonyl (C=O) groups is 2. The van der Waals surface area contributed by atoms with Crippen molar-refractivity contribution in [2.75, 3.05) is 7.05 Å². The monoisotopic (exact) mass is 368 g/mol. The van der Waals surface area contributed by atoms with Crippen molar-refractivity contribution >= 4 is 11.9 Å². The van der Waals surface area contributed by atoms with Gasteiger partial charge in [0.1, 0.15) is 24.4 Å². The zero-order chi connectivity index (χ0) is 19.0. The molecule has 2 aliphatic heterocycles. The highest BCUT2D eigenvalue weighted by molar-refractivity contribution is 5.83. The van der Waals surface area contributed by atoms with Crippen molar-refractivity contribution in [2.45, 2.75) is 49.3 Å². The van der Waals surface area contributed by atoms with Crippen molar-refractivity contribution in [1.29, 1.82) is 0 Å². The molecule has 0 bridgehead atoms. The van der Waals surface area contributed by atoms with E-state index in [1.54, 1.807) is 25.5 Å². The maximum absolute atomic E-state index is 12.4. The summed E-state index contributed by atoms with van der Waals surface area (Å²) in [6.07, 6.45) is -6.15. The number of nitrogens with zero attached hydrogens (tertiary/aromatic N) is 2. The van der Waals surface area contributed by atoms with Crippen molar-refractivity contribution in [2.24, 2.45) is 0 Å². The van der Waals surface area contributed by atoms with E-state index in [4.69, 9.17) is 14.6 Å². The number of ether oxygens (including phenoxy) is 2. The molecule has 26 heavy (non-hydrogen) atoms. The first-order valence-electron chi connectivity index (χ1n) is 8.05. The third-order valence-electron chi connectivity index (χ3n) is 4.71. The summed E-state index contributed by atoms with van der Waals surface area (Å²) >= 11 is 0. The second-order valence-corrected chi connectivity index (χ2v) is 6.35. The van der Waals surface area contributed by atoms with Crippen molar-refractivity contribution in [1.82, 2.24) is 9.88 Å². The minimum Gasteiger partial charge on any atom is -0.479 e. The van der Waals surface area contributed by atoms with Crippen LogP contribution >= 0.6 is 0 Å². The second-order valence-electron chi connectivity index (χ2n) is 6.35. The first kappa shape index (κ1) is 18.7. The van der Waals surface area contributed by atoms with Crippen LogP contribution < -0.4 is 0 Å². The zero-order valence-corrected chi connectivity index (χ0v) is 13.9. The number of likely N-dealkylation sites (tertiary alicyclic amines) is 1. The van der Waals surface area contributed by atoms with Crippen molar-refractivity contribution in [3.63, 3.8) is 0 Å². The summed E-state index contributed by atoms with van der Waals surface area (Å²) in [7, 11) is 1.60. The van der Waals surface area contributed by atoms with Gasteiger partial charge in [0.15, 0.2) is 12.4 Å². The molecular weight excluding hydrogens is 348 g/mol. The average molecular weight is 368 g/mol. The Morgan fingerprint density at radius 3 is 2.65 bits per heavy atom. The van der Waals surface area contributed by atoms with E-state index in [1.165, 1.54) is 4.90 Å². The highest BCUT2D eigenvalue weighted by Gasteiger charge is 2.50. The molecule has 2 saturated heterocycles. The molecule has 0 aromatic carbocycles. The molecule has 1 aromatic heterocycles. The number of aliphatic hydroxyl groups excluding tert-OH is 3. The lowest BCUT2D eigenvalue weighted by molar-refractivity contribution is -0.301. The topological polar surface area (TPSA) is 150 Å². The van der Waals surface area contributed by atoms with E-state index >= 15 is 0 Å². The molecule has 0 saturated carbocycles. The van der Waals surface area contributed by atoms with Gasteiger partial charge in [-0.25, -0.2) is 4.79 Å². The van der Waals surface area contributed by atoms with E-state index in [2.05, 4.69) is 4.98 Å². The predicted molar refractivity (Wildman–Crippen MR) is 83.6 cm³/mol. The Hall–Kier alpha value is -2.11. The standard InChI is InChI=1S/C16H20N2O8/c1-18-8(7-3-2-4-17-6-7)5-9(14(18)22)25-16-12(21)10(19)11(20)13(26-16)15(23)24/h2-4,6,8-13,16,19-21H,5H2,1H3,(H,23,24)/t8?,9-,10+,11+,12-,13+,16-/m1/s1. The van der Waals surface area contributed by atoms with Gasteiger partial charge in [-0.1, -0.05) is 6.07 Å². The number of aliphatic hydroxyl groups is 3. The molecule has 0 radical (unpaired) electrons. The summed E-state index contributed by atoms with van der Waals surface area (Å²) in [5.74, 6) is -1.89. The van der Waals surface area contributed by atoms with Crippen molar-refractivity contribution < 1.29 is 39.5 Å². The number of hydrogen-bond donors (Lipinski definition) is 4. The van der Waals surface area contributed by atoms with Crippen LogP contribution in [0, 0.1) is 0 Å². The molecule has 10 nitrogen and oxygen atoms in total. The fourth-order valence-corrected chi connectivity index (χ4v) is 3.22. The van der Waals surface area contributed by atoms with E-state index in [-0.39, 0.29) is 18.4 Å². The quantitative estimate of drug-likeness (QED) is 0.486. The lowest BCUT2D eigenvalue weighted by Gasteiger charge is -2.39. The molecule has 7 atom stereocenters. The number of hydrogen-bond acceptors (Lipinski definition) is 8. The summed E-state index contributed by atoms with van der Waals surface area (Å²) in [5.41, 5.74) is 0.804. The van der Waals surface area contributed by atoms with Crippen LogP contribution in [-0.2, 0) is 19.1 Å². The lowest BCUT2D eigenvalue weighted by atomic mass is 9.99. The minimum atomic E-state index is -1.81. The predicted octanol–water partition coefficient (Wildman–Crippen LogP) is -1.74. The van der Waals surface area contributed by atoms with Gasteiger partial charge in [-0.05, 0) is 11.6 Å². The number of rotatable bonds is 4. The first-order valence-corrected chi connectivity index (χ1v) is 8.05. The van der Waals surface area contributed by atoms with Crippen LogP contribution in [0.1, 0.15) is 18.0 Å². The SMILES string of the molecule is CN1C(=O)[C@H](O[C@@H]2O[C@H](C(=O)O)[C@@H](O)[C@H](O)[C@H]2O)CC1c1cccnc1. The van der Waals surface area contributed by atoms with Gasteiger partial charge in [0.25, 0.3) is 5.91 Å². The number of aliphatic carboxylic acids is 1. The highest BCUT2D eigenvalue weighted by atomic mass is 16.7. The fourth-order valence-electron chi connectivity index (χ4n) is 3.22. The number of carbonyl (C=O) groups excluding carboxylic acids is 1. The molecular formula is C16H20N2O8. The largest absolute Gasteiger partial charge is 0.479 e. The van der Waals surface area contributed by atoms with Gasteiger partial charge in [0, 0.05) is 25.9 Å². The van der Waals surface area contributed by atoms with E-state index in [1.807, 2.05) is 6.07 Å². The Balaban J connectivity index is 1.73. The van der Waals surface area contributed by atoms with Crippen molar-refractivity contribution in [3.8, 4) is 0 Å². The maximum atomic E-state index is 12.4. The lowest BCUT2D eigenvalue weighted by Crippen LogP contribution is -2.61. The summed E-state index contributed by atoms with van der Waals surface area (Å²) in [5, 5.41) is 38.6. The Bertz CT molecular complexity index is 671. The molecule has 1 amide bonds. The minimum absolute atomic E-state index is 0.240. The molecule has 1 aromatic rings. The van der Waals surface area contributed by atoms with Crippen LogP contribution in [0.3, 0.4) is 0 Å². The summed E-state index contributed by atoms with van der Waals surface area (Å²) in [6.45, 7) is 0. The second kappa shape index (κ2) is 7.25. The van der Waals surface area contributed by atoms with Gasteiger partial charge in [-0.3, -0.25) is 9.78 Å². The fraction of sp³-hybridized carbons (Fsp3) is 0.562. The van der Waals surface area contributed by atoms with Crippen LogP contribution in [0.15, 0.2) is 24.5 Å². The van der Waals surface area contributed by atoms with E-state index < -0.39 is 42.8 Å². The molecule has 0 spiro atoms. The molecule has 3 rings (SSSR count). The Morgan fingerprint density at radius 2 is 2.04 bits per heavy atom. The summed E-state index contributed by atoms with van der Waals surface area (Å²) in [4.78, 5) is 29.1. The van der Waals surface area contributed by atoms with Gasteiger partial charge >= 0.3 is 5.97 Å². The molecule has 0 aliphatic carbocycles. The van der Waals surface area contributed by atoms with Gasteiger partial charge in [0.2, 0.25) is 0 Å². The summed E-state index contributed by atoms with van der Waals surface area (Å²) in [6, 6.07) is 3.26. The van der Waals surface area contributed by atoms with Crippen LogP contribution in [0.4, 0.5) is 0 Å². The van der Waals surface area contributed by atoms with Crippen molar-refractivity contribution in [3.05, 3.63) is 30.1 Å².